The predicted octanol–water partition coefficient (Wildman–Crippen LogP) is 0.848. The molecule has 2 rings (SSSR count). The van der Waals surface area contributed by atoms with Gasteiger partial charge in [-0.05, 0) is 35.2 Å². The molecule has 0 aromatic carbocycles. The maximum absolute atomic E-state index is 12.0. The van der Waals surface area contributed by atoms with Gasteiger partial charge in [0.15, 0.2) is 0 Å². The van der Waals surface area contributed by atoms with Gasteiger partial charge in [0.25, 0.3) is 0 Å². The Morgan fingerprint density at radius 3 is 3.00 bits per heavy atom. The third-order valence-corrected chi connectivity index (χ3v) is 4.90. The van der Waals surface area contributed by atoms with Crippen molar-refractivity contribution in [2.75, 3.05) is 13.2 Å². The van der Waals surface area contributed by atoms with Gasteiger partial charge in [-0.15, -0.1) is 0 Å². The molecule has 2 aromatic rings. The second-order valence-corrected chi connectivity index (χ2v) is 6.84. The minimum absolute atomic E-state index is 0.0564. The summed E-state index contributed by atoms with van der Waals surface area (Å²) in [6.45, 7) is 0.919. The molecule has 0 saturated heterocycles. The average molecular weight is 315 g/mol. The first kappa shape index (κ1) is 15.2. The molecule has 0 aliphatic heterocycles. The lowest BCUT2D eigenvalue weighted by atomic mass is 10.2. The minimum atomic E-state index is -3.51. The third-order valence-electron chi connectivity index (χ3n) is 2.75. The normalized spacial score (nSPS) is 11.8. The van der Waals surface area contributed by atoms with Crippen LogP contribution < -0.4 is 4.72 Å². The van der Waals surface area contributed by atoms with E-state index in [2.05, 4.69) is 9.82 Å². The van der Waals surface area contributed by atoms with Gasteiger partial charge in [0.1, 0.15) is 4.90 Å². The van der Waals surface area contributed by atoms with Crippen LogP contribution in [0.4, 0.5) is 0 Å². The van der Waals surface area contributed by atoms with E-state index < -0.39 is 10.0 Å². The van der Waals surface area contributed by atoms with Crippen molar-refractivity contribution in [3.05, 3.63) is 34.8 Å². The molecular weight excluding hydrogens is 298 g/mol. The van der Waals surface area contributed by atoms with Gasteiger partial charge < -0.3 is 5.11 Å². The van der Waals surface area contributed by atoms with Crippen LogP contribution in [0, 0.1) is 0 Å². The lowest BCUT2D eigenvalue weighted by Crippen LogP contribution is -2.25. The number of aliphatic hydroxyl groups excluding tert-OH is 1. The Bertz CT molecular complexity index is 620. The van der Waals surface area contributed by atoms with Gasteiger partial charge in [0, 0.05) is 25.9 Å². The van der Waals surface area contributed by atoms with Crippen LogP contribution in [-0.4, -0.2) is 36.5 Å². The van der Waals surface area contributed by atoms with Crippen LogP contribution in [0.25, 0.3) is 0 Å². The van der Waals surface area contributed by atoms with Crippen LogP contribution in [0.1, 0.15) is 12.0 Å². The Labute approximate surface area is 122 Å². The molecule has 6 nitrogen and oxygen atoms in total. The molecule has 110 valence electrons. The number of hydrogen-bond acceptors (Lipinski definition) is 5. The van der Waals surface area contributed by atoms with Crippen LogP contribution in [0.5, 0.6) is 0 Å². The van der Waals surface area contributed by atoms with E-state index in [9.17, 15) is 8.42 Å². The zero-order valence-corrected chi connectivity index (χ0v) is 12.5. The molecule has 2 heterocycles. The van der Waals surface area contributed by atoms with Gasteiger partial charge in [-0.2, -0.15) is 16.4 Å². The highest BCUT2D eigenvalue weighted by molar-refractivity contribution is 7.89. The van der Waals surface area contributed by atoms with Crippen LogP contribution in [0.2, 0.25) is 0 Å². The fourth-order valence-corrected chi connectivity index (χ4v) is 3.37. The SMILES string of the molecule is O=S(=O)(NCCc1ccsc1)c1cnn(CCCO)c1. The van der Waals surface area contributed by atoms with Crippen molar-refractivity contribution < 1.29 is 13.5 Å². The molecule has 0 atom stereocenters. The fraction of sp³-hybridized carbons (Fsp3) is 0.417. The summed E-state index contributed by atoms with van der Waals surface area (Å²) in [7, 11) is -3.51. The highest BCUT2D eigenvalue weighted by atomic mass is 32.2. The van der Waals surface area contributed by atoms with E-state index in [1.165, 1.54) is 17.1 Å². The van der Waals surface area contributed by atoms with E-state index in [-0.39, 0.29) is 11.5 Å². The van der Waals surface area contributed by atoms with Crippen LogP contribution in [0.3, 0.4) is 0 Å². The molecule has 20 heavy (non-hydrogen) atoms. The Balaban J connectivity index is 1.90. The third kappa shape index (κ3) is 4.14. The lowest BCUT2D eigenvalue weighted by Gasteiger charge is -2.03. The second-order valence-electron chi connectivity index (χ2n) is 4.30. The van der Waals surface area contributed by atoms with Crippen molar-refractivity contribution in [1.29, 1.82) is 0 Å². The summed E-state index contributed by atoms with van der Waals surface area (Å²) in [4.78, 5) is 0.153. The summed E-state index contributed by atoms with van der Waals surface area (Å²) < 4.78 is 28.1. The number of aliphatic hydroxyl groups is 1. The molecule has 0 aliphatic rings. The standard InChI is InChI=1S/C12H17N3O3S2/c16-6-1-5-15-9-12(8-13-15)20(17,18)14-4-2-11-3-7-19-10-11/h3,7-10,14,16H,1-2,4-6H2. The van der Waals surface area contributed by atoms with Gasteiger partial charge in [-0.3, -0.25) is 4.68 Å². The molecular formula is C12H17N3O3S2. The van der Waals surface area contributed by atoms with Gasteiger partial charge in [0.05, 0.1) is 6.20 Å². The first-order chi connectivity index (χ1) is 9.62. The number of sulfonamides is 1. The number of hydrogen-bond donors (Lipinski definition) is 2. The van der Waals surface area contributed by atoms with Crippen LogP contribution in [-0.2, 0) is 23.0 Å². The van der Waals surface area contributed by atoms with E-state index in [4.69, 9.17) is 5.11 Å². The molecule has 0 aliphatic carbocycles. The predicted molar refractivity (Wildman–Crippen MR) is 77.1 cm³/mol. The van der Waals surface area contributed by atoms with E-state index in [0.29, 0.717) is 25.9 Å². The molecule has 2 N–H and O–H groups in total. The molecule has 2 aromatic heterocycles. The highest BCUT2D eigenvalue weighted by Crippen LogP contribution is 2.09. The Kier molecular flexibility index (Phi) is 5.30. The molecule has 0 unspecified atom stereocenters. The Morgan fingerprint density at radius 2 is 2.30 bits per heavy atom. The molecule has 0 bridgehead atoms. The summed E-state index contributed by atoms with van der Waals surface area (Å²) in [6.07, 6.45) is 4.01. The molecule has 0 amide bonds. The van der Waals surface area contributed by atoms with Crippen molar-refractivity contribution in [3.8, 4) is 0 Å². The zero-order valence-electron chi connectivity index (χ0n) is 10.9. The minimum Gasteiger partial charge on any atom is -0.396 e. The van der Waals surface area contributed by atoms with Gasteiger partial charge in [-0.25, -0.2) is 13.1 Å². The molecule has 0 saturated carbocycles. The van der Waals surface area contributed by atoms with Crippen molar-refractivity contribution >= 4 is 21.4 Å². The van der Waals surface area contributed by atoms with Crippen molar-refractivity contribution in [2.45, 2.75) is 24.3 Å². The summed E-state index contributed by atoms with van der Waals surface area (Å²) in [5, 5.41) is 16.7. The largest absolute Gasteiger partial charge is 0.396 e. The van der Waals surface area contributed by atoms with E-state index in [1.807, 2.05) is 16.8 Å². The fourth-order valence-electron chi connectivity index (χ4n) is 1.69. The molecule has 8 heteroatoms. The van der Waals surface area contributed by atoms with Crippen LogP contribution >= 0.6 is 11.3 Å². The average Bonchev–Trinajstić information content (AvgIpc) is 3.07. The molecule has 0 spiro atoms. The molecule has 0 radical (unpaired) electrons. The van der Waals surface area contributed by atoms with E-state index in [0.717, 1.165) is 5.56 Å². The number of rotatable bonds is 8. The summed E-state index contributed by atoms with van der Waals surface area (Å²) in [5.74, 6) is 0. The van der Waals surface area contributed by atoms with Crippen molar-refractivity contribution in [3.63, 3.8) is 0 Å². The number of nitrogens with zero attached hydrogens (tertiary/aromatic N) is 2. The second kappa shape index (κ2) is 6.98. The van der Waals surface area contributed by atoms with Gasteiger partial charge in [0.2, 0.25) is 10.0 Å². The monoisotopic (exact) mass is 315 g/mol. The lowest BCUT2D eigenvalue weighted by molar-refractivity contribution is 0.277. The van der Waals surface area contributed by atoms with Crippen molar-refractivity contribution in [1.82, 2.24) is 14.5 Å². The quantitative estimate of drug-likeness (QED) is 0.756. The topological polar surface area (TPSA) is 84.2 Å². The number of nitrogens with one attached hydrogen (secondary N) is 1. The van der Waals surface area contributed by atoms with E-state index >= 15 is 0 Å². The zero-order chi connectivity index (χ0) is 14.4. The number of aromatic nitrogens is 2. The Morgan fingerprint density at radius 1 is 1.45 bits per heavy atom. The molecule has 0 fully saturated rings. The van der Waals surface area contributed by atoms with Gasteiger partial charge >= 0.3 is 0 Å². The maximum Gasteiger partial charge on any atom is 0.243 e. The number of thiophene rings is 1. The summed E-state index contributed by atoms with van der Waals surface area (Å²) in [5.41, 5.74) is 1.12. The first-order valence-corrected chi connectivity index (χ1v) is 8.68. The Hall–Kier alpha value is -1.22. The smallest absolute Gasteiger partial charge is 0.243 e. The highest BCUT2D eigenvalue weighted by Gasteiger charge is 2.15. The van der Waals surface area contributed by atoms with Crippen LogP contribution in [0.15, 0.2) is 34.1 Å². The van der Waals surface area contributed by atoms with E-state index in [1.54, 1.807) is 11.3 Å². The van der Waals surface area contributed by atoms with Gasteiger partial charge in [-0.1, -0.05) is 0 Å². The van der Waals surface area contributed by atoms with Crippen molar-refractivity contribution in [2.24, 2.45) is 0 Å². The maximum atomic E-state index is 12.0. The number of aryl methyl sites for hydroxylation is 1. The first-order valence-electron chi connectivity index (χ1n) is 6.26. The summed E-state index contributed by atoms with van der Waals surface area (Å²) in [6, 6.07) is 1.98. The summed E-state index contributed by atoms with van der Waals surface area (Å²) >= 11 is 1.59.